The van der Waals surface area contributed by atoms with Crippen LogP contribution < -0.4 is 20.3 Å². The van der Waals surface area contributed by atoms with Gasteiger partial charge in [-0.25, -0.2) is 4.79 Å². The highest BCUT2D eigenvalue weighted by molar-refractivity contribution is 6.30. The zero-order valence-electron chi connectivity index (χ0n) is 14.2. The SMILES string of the molecule is C=CCN1C(=O)C(C)Oc2cc(NC(=O)Nc3cccc(Cl)c3)ccc21. The van der Waals surface area contributed by atoms with Crippen LogP contribution in [0, 0.1) is 0 Å². The van der Waals surface area contributed by atoms with Crippen LogP contribution in [0.5, 0.6) is 5.75 Å². The third-order valence-electron chi connectivity index (χ3n) is 3.82. The van der Waals surface area contributed by atoms with Gasteiger partial charge in [0.1, 0.15) is 5.75 Å². The molecule has 0 fully saturated rings. The van der Waals surface area contributed by atoms with E-state index < -0.39 is 12.1 Å². The van der Waals surface area contributed by atoms with Crippen LogP contribution in [-0.2, 0) is 4.79 Å². The molecule has 2 N–H and O–H groups in total. The van der Waals surface area contributed by atoms with Gasteiger partial charge in [0, 0.05) is 29.0 Å². The molecular weight excluding hydrogens is 354 g/mol. The van der Waals surface area contributed by atoms with Crippen LogP contribution in [0.3, 0.4) is 0 Å². The Hall–Kier alpha value is -2.99. The summed E-state index contributed by atoms with van der Waals surface area (Å²) in [5.74, 6) is 0.399. The average Bonchev–Trinajstić information content (AvgIpc) is 2.59. The Morgan fingerprint density at radius 3 is 2.69 bits per heavy atom. The molecule has 1 atom stereocenters. The molecular formula is C19H18ClN3O3. The molecule has 7 heteroatoms. The van der Waals surface area contributed by atoms with Crippen molar-refractivity contribution in [3.63, 3.8) is 0 Å². The van der Waals surface area contributed by atoms with Crippen LogP contribution in [0.2, 0.25) is 5.02 Å². The molecule has 0 radical (unpaired) electrons. The molecule has 1 unspecified atom stereocenters. The molecule has 0 spiro atoms. The second kappa shape index (κ2) is 7.49. The number of carbonyl (C=O) groups is 2. The molecule has 1 aliphatic rings. The lowest BCUT2D eigenvalue weighted by Crippen LogP contribution is -2.44. The monoisotopic (exact) mass is 371 g/mol. The number of hydrogen-bond acceptors (Lipinski definition) is 3. The molecule has 0 bridgehead atoms. The maximum atomic E-state index is 12.2. The third kappa shape index (κ3) is 3.81. The Morgan fingerprint density at radius 1 is 1.27 bits per heavy atom. The Labute approximate surface area is 156 Å². The van der Waals surface area contributed by atoms with E-state index in [2.05, 4.69) is 17.2 Å². The minimum absolute atomic E-state index is 0.128. The van der Waals surface area contributed by atoms with Crippen LogP contribution in [0.4, 0.5) is 21.9 Å². The Kier molecular flexibility index (Phi) is 5.14. The number of rotatable bonds is 4. The highest BCUT2D eigenvalue weighted by atomic mass is 35.5. The summed E-state index contributed by atoms with van der Waals surface area (Å²) in [6.07, 6.45) is 1.06. The predicted octanol–water partition coefficient (Wildman–Crippen LogP) is 4.28. The first-order valence-electron chi connectivity index (χ1n) is 8.04. The number of anilines is 3. The Bertz CT molecular complexity index is 869. The summed E-state index contributed by atoms with van der Waals surface area (Å²) in [5, 5.41) is 5.97. The largest absolute Gasteiger partial charge is 0.479 e. The maximum Gasteiger partial charge on any atom is 0.323 e. The summed E-state index contributed by atoms with van der Waals surface area (Å²) in [6.45, 7) is 5.76. The van der Waals surface area contributed by atoms with Crippen molar-refractivity contribution in [2.75, 3.05) is 22.1 Å². The van der Waals surface area contributed by atoms with Crippen molar-refractivity contribution in [1.82, 2.24) is 0 Å². The zero-order chi connectivity index (χ0) is 18.7. The van der Waals surface area contributed by atoms with Crippen LogP contribution in [-0.4, -0.2) is 24.6 Å². The molecule has 3 rings (SSSR count). The summed E-state index contributed by atoms with van der Waals surface area (Å²) in [7, 11) is 0. The number of fused-ring (bicyclic) bond motifs is 1. The summed E-state index contributed by atoms with van der Waals surface area (Å²) in [4.78, 5) is 26.0. The smallest absolute Gasteiger partial charge is 0.323 e. The Balaban J connectivity index is 1.76. The van der Waals surface area contributed by atoms with E-state index in [1.54, 1.807) is 60.4 Å². The number of benzene rings is 2. The van der Waals surface area contributed by atoms with E-state index in [0.29, 0.717) is 34.4 Å². The number of halogens is 1. The lowest BCUT2D eigenvalue weighted by atomic mass is 10.1. The molecule has 1 heterocycles. The highest BCUT2D eigenvalue weighted by Gasteiger charge is 2.30. The van der Waals surface area contributed by atoms with Crippen molar-refractivity contribution in [1.29, 1.82) is 0 Å². The van der Waals surface area contributed by atoms with E-state index in [1.165, 1.54) is 0 Å². The van der Waals surface area contributed by atoms with Gasteiger partial charge in [0.25, 0.3) is 5.91 Å². The highest BCUT2D eigenvalue weighted by Crippen LogP contribution is 2.36. The average molecular weight is 372 g/mol. The minimum atomic E-state index is -0.599. The van der Waals surface area contributed by atoms with E-state index in [9.17, 15) is 9.59 Å². The van der Waals surface area contributed by atoms with E-state index >= 15 is 0 Å². The van der Waals surface area contributed by atoms with E-state index in [1.807, 2.05) is 0 Å². The van der Waals surface area contributed by atoms with Crippen molar-refractivity contribution < 1.29 is 14.3 Å². The molecule has 134 valence electrons. The van der Waals surface area contributed by atoms with Crippen molar-refractivity contribution in [3.05, 3.63) is 60.1 Å². The number of nitrogens with one attached hydrogen (secondary N) is 2. The topological polar surface area (TPSA) is 70.7 Å². The van der Waals surface area contributed by atoms with Gasteiger partial charge in [-0.2, -0.15) is 0 Å². The number of hydrogen-bond donors (Lipinski definition) is 2. The van der Waals surface area contributed by atoms with Gasteiger partial charge >= 0.3 is 6.03 Å². The van der Waals surface area contributed by atoms with Gasteiger partial charge < -0.3 is 20.3 Å². The van der Waals surface area contributed by atoms with Crippen LogP contribution in [0.25, 0.3) is 0 Å². The number of amides is 3. The molecule has 2 aromatic rings. The van der Waals surface area contributed by atoms with Crippen molar-refractivity contribution in [3.8, 4) is 5.75 Å². The van der Waals surface area contributed by atoms with E-state index in [0.717, 1.165) is 0 Å². The summed E-state index contributed by atoms with van der Waals surface area (Å²) in [6, 6.07) is 11.6. The molecule has 6 nitrogen and oxygen atoms in total. The van der Waals surface area contributed by atoms with Crippen LogP contribution >= 0.6 is 11.6 Å². The molecule has 1 aliphatic heterocycles. The van der Waals surface area contributed by atoms with E-state index in [4.69, 9.17) is 16.3 Å². The van der Waals surface area contributed by atoms with Gasteiger partial charge in [-0.15, -0.1) is 6.58 Å². The van der Waals surface area contributed by atoms with Gasteiger partial charge in [0.05, 0.1) is 5.69 Å². The zero-order valence-corrected chi connectivity index (χ0v) is 14.9. The van der Waals surface area contributed by atoms with Gasteiger partial charge in [-0.3, -0.25) is 4.79 Å². The molecule has 0 aliphatic carbocycles. The second-order valence-electron chi connectivity index (χ2n) is 5.77. The third-order valence-corrected chi connectivity index (χ3v) is 4.06. The van der Waals surface area contributed by atoms with Crippen molar-refractivity contribution in [2.45, 2.75) is 13.0 Å². The number of carbonyl (C=O) groups excluding carboxylic acids is 2. The molecule has 2 aromatic carbocycles. The van der Waals surface area contributed by atoms with E-state index in [-0.39, 0.29) is 5.91 Å². The summed E-state index contributed by atoms with van der Waals surface area (Å²) >= 11 is 5.91. The molecule has 0 aromatic heterocycles. The molecule has 0 saturated carbocycles. The molecule has 26 heavy (non-hydrogen) atoms. The quantitative estimate of drug-likeness (QED) is 0.788. The number of ether oxygens (including phenoxy) is 1. The molecule has 0 saturated heterocycles. The second-order valence-corrected chi connectivity index (χ2v) is 6.21. The predicted molar refractivity (Wildman–Crippen MR) is 103 cm³/mol. The standard InChI is InChI=1S/C19H18ClN3O3/c1-3-9-23-16-8-7-15(11-17(16)26-12(2)18(23)24)22-19(25)21-14-6-4-5-13(20)10-14/h3-8,10-12H,1,9H2,2H3,(H2,21,22,25). The number of urea groups is 1. The lowest BCUT2D eigenvalue weighted by Gasteiger charge is -2.32. The van der Waals surface area contributed by atoms with Crippen molar-refractivity contribution in [2.24, 2.45) is 0 Å². The van der Waals surface area contributed by atoms with Crippen LogP contribution in [0.15, 0.2) is 55.1 Å². The minimum Gasteiger partial charge on any atom is -0.479 e. The first-order chi connectivity index (χ1) is 12.5. The maximum absolute atomic E-state index is 12.2. The normalized spacial score (nSPS) is 15.7. The van der Waals surface area contributed by atoms with Gasteiger partial charge in [0.15, 0.2) is 6.10 Å². The summed E-state index contributed by atoms with van der Waals surface area (Å²) in [5.41, 5.74) is 1.78. The number of nitrogens with zero attached hydrogens (tertiary/aromatic N) is 1. The van der Waals surface area contributed by atoms with Gasteiger partial charge in [0.2, 0.25) is 0 Å². The summed E-state index contributed by atoms with van der Waals surface area (Å²) < 4.78 is 5.66. The van der Waals surface area contributed by atoms with Gasteiger partial charge in [-0.05, 0) is 37.3 Å². The first kappa shape index (κ1) is 17.8. The fourth-order valence-electron chi connectivity index (χ4n) is 2.67. The molecule has 3 amide bonds. The Morgan fingerprint density at radius 2 is 2.00 bits per heavy atom. The fourth-order valence-corrected chi connectivity index (χ4v) is 2.86. The fraction of sp³-hybridized carbons (Fsp3) is 0.158. The lowest BCUT2D eigenvalue weighted by molar-refractivity contribution is -0.125. The van der Waals surface area contributed by atoms with Gasteiger partial charge in [-0.1, -0.05) is 23.7 Å². The van der Waals surface area contributed by atoms with Crippen molar-refractivity contribution >= 4 is 40.6 Å². The first-order valence-corrected chi connectivity index (χ1v) is 8.42. The van der Waals surface area contributed by atoms with Crippen LogP contribution in [0.1, 0.15) is 6.92 Å².